The maximum absolute atomic E-state index is 14.4. The van der Waals surface area contributed by atoms with Crippen molar-refractivity contribution < 1.29 is 19.0 Å². The summed E-state index contributed by atoms with van der Waals surface area (Å²) in [5.41, 5.74) is 1.90. The van der Waals surface area contributed by atoms with Gasteiger partial charge >= 0.3 is 5.97 Å². The SMILES string of the molecule is C#CCOc1ccc2ccccc2c1/C=c1\sc2n(c1=O)[C@H](c1c(OC)ccc3ccccc13)C(C(=O)OCC)=C(C)N=2. The van der Waals surface area contributed by atoms with E-state index in [0.29, 0.717) is 37.7 Å². The molecule has 8 heteroatoms. The smallest absolute Gasteiger partial charge is 0.338 e. The Morgan fingerprint density at radius 2 is 1.70 bits per heavy atom. The Bertz CT molecular complexity index is 2170. The number of hydrogen-bond donors (Lipinski definition) is 0. The summed E-state index contributed by atoms with van der Waals surface area (Å²) in [4.78, 5) is 33.1. The topological polar surface area (TPSA) is 79.1 Å². The van der Waals surface area contributed by atoms with Gasteiger partial charge in [0.1, 0.15) is 24.1 Å². The summed E-state index contributed by atoms with van der Waals surface area (Å²) in [6.07, 6.45) is 7.30. The molecule has 0 fully saturated rings. The average molecular weight is 589 g/mol. The number of nitrogens with zero attached hydrogens (tertiary/aromatic N) is 2. The quantitative estimate of drug-likeness (QED) is 0.195. The molecule has 1 aromatic heterocycles. The second-order valence-corrected chi connectivity index (χ2v) is 10.9. The van der Waals surface area contributed by atoms with Crippen molar-refractivity contribution in [1.29, 1.82) is 0 Å². The molecule has 1 aliphatic heterocycles. The monoisotopic (exact) mass is 588 g/mol. The predicted molar refractivity (Wildman–Crippen MR) is 169 cm³/mol. The Morgan fingerprint density at radius 3 is 2.40 bits per heavy atom. The number of hydrogen-bond acceptors (Lipinski definition) is 7. The van der Waals surface area contributed by atoms with Gasteiger partial charge in [-0.2, -0.15) is 0 Å². The van der Waals surface area contributed by atoms with Gasteiger partial charge in [-0.15, -0.1) is 6.42 Å². The van der Waals surface area contributed by atoms with Gasteiger partial charge < -0.3 is 14.2 Å². The van der Waals surface area contributed by atoms with Crippen LogP contribution in [0.1, 0.15) is 31.0 Å². The van der Waals surface area contributed by atoms with E-state index in [1.807, 2.05) is 78.9 Å². The summed E-state index contributed by atoms with van der Waals surface area (Å²) in [5.74, 6) is 3.10. The van der Waals surface area contributed by atoms with Crippen molar-refractivity contribution in [2.45, 2.75) is 19.9 Å². The van der Waals surface area contributed by atoms with Crippen LogP contribution in [0.3, 0.4) is 0 Å². The Kier molecular flexibility index (Phi) is 7.58. The highest BCUT2D eigenvalue weighted by Gasteiger charge is 2.36. The fourth-order valence-electron chi connectivity index (χ4n) is 5.60. The molecule has 0 amide bonds. The summed E-state index contributed by atoms with van der Waals surface area (Å²) in [6, 6.07) is 22.5. The third kappa shape index (κ3) is 4.88. The molecule has 0 spiro atoms. The highest BCUT2D eigenvalue weighted by molar-refractivity contribution is 7.07. The highest BCUT2D eigenvalue weighted by atomic mass is 32.1. The minimum absolute atomic E-state index is 0.0867. The number of thiazole rings is 1. The summed E-state index contributed by atoms with van der Waals surface area (Å²) < 4.78 is 19.2. The summed E-state index contributed by atoms with van der Waals surface area (Å²) in [5, 5.41) is 3.72. The van der Waals surface area contributed by atoms with E-state index in [2.05, 4.69) is 5.92 Å². The lowest BCUT2D eigenvalue weighted by atomic mass is 9.90. The lowest BCUT2D eigenvalue weighted by molar-refractivity contribution is -0.139. The number of aromatic nitrogens is 1. The highest BCUT2D eigenvalue weighted by Crippen LogP contribution is 2.40. The summed E-state index contributed by atoms with van der Waals surface area (Å²) in [6.45, 7) is 3.79. The van der Waals surface area contributed by atoms with Gasteiger partial charge in [0, 0.05) is 11.1 Å². The molecule has 0 saturated heterocycles. The molecule has 5 aromatic rings. The largest absolute Gasteiger partial charge is 0.496 e. The molecule has 0 radical (unpaired) electrons. The molecule has 0 saturated carbocycles. The number of carbonyl (C=O) groups excluding carboxylic acids is 1. The molecule has 4 aromatic carbocycles. The Balaban J connectivity index is 1.67. The van der Waals surface area contributed by atoms with Gasteiger partial charge in [0.05, 0.1) is 29.5 Å². The molecule has 43 heavy (non-hydrogen) atoms. The van der Waals surface area contributed by atoms with E-state index in [4.69, 9.17) is 25.6 Å². The maximum atomic E-state index is 14.4. The van der Waals surface area contributed by atoms with Crippen molar-refractivity contribution in [2.75, 3.05) is 20.3 Å². The minimum atomic E-state index is -0.830. The Morgan fingerprint density at radius 1 is 1.02 bits per heavy atom. The fraction of sp³-hybridized carbons (Fsp3) is 0.171. The van der Waals surface area contributed by atoms with Crippen LogP contribution in [0.15, 0.2) is 93.9 Å². The number of methoxy groups -OCH3 is 1. The summed E-state index contributed by atoms with van der Waals surface area (Å²) in [7, 11) is 1.58. The molecule has 0 aliphatic carbocycles. The Hall–Kier alpha value is -5.13. The van der Waals surface area contributed by atoms with Crippen molar-refractivity contribution >= 4 is 44.9 Å². The number of fused-ring (bicyclic) bond motifs is 3. The normalized spacial score (nSPS) is 14.7. The number of benzene rings is 4. The first-order valence-electron chi connectivity index (χ1n) is 13.8. The van der Waals surface area contributed by atoms with E-state index in [1.54, 1.807) is 25.5 Å². The van der Waals surface area contributed by atoms with Gasteiger partial charge in [0.15, 0.2) is 4.80 Å². The third-order valence-corrected chi connectivity index (χ3v) is 8.44. The van der Waals surface area contributed by atoms with Gasteiger partial charge in [0.2, 0.25) is 0 Å². The number of rotatable bonds is 7. The second kappa shape index (κ2) is 11.6. The first-order valence-corrected chi connectivity index (χ1v) is 14.6. The number of carbonyl (C=O) groups is 1. The van der Waals surface area contributed by atoms with Gasteiger partial charge in [-0.25, -0.2) is 9.79 Å². The average Bonchev–Trinajstić information content (AvgIpc) is 3.33. The molecular weight excluding hydrogens is 560 g/mol. The molecule has 0 unspecified atom stereocenters. The number of esters is 1. The van der Waals surface area contributed by atoms with Gasteiger partial charge in [0.25, 0.3) is 5.56 Å². The minimum Gasteiger partial charge on any atom is -0.496 e. The number of terminal acetylenes is 1. The van der Waals surface area contributed by atoms with Crippen molar-refractivity contribution in [3.63, 3.8) is 0 Å². The van der Waals surface area contributed by atoms with E-state index in [-0.39, 0.29) is 18.8 Å². The lowest BCUT2D eigenvalue weighted by Crippen LogP contribution is -2.40. The lowest BCUT2D eigenvalue weighted by Gasteiger charge is -2.27. The first-order chi connectivity index (χ1) is 21.0. The van der Waals surface area contributed by atoms with Crippen molar-refractivity contribution in [1.82, 2.24) is 4.57 Å². The maximum Gasteiger partial charge on any atom is 0.338 e. The molecular formula is C35H28N2O5S. The second-order valence-electron chi connectivity index (χ2n) is 9.90. The van der Waals surface area contributed by atoms with Crippen LogP contribution in [0, 0.1) is 12.3 Å². The van der Waals surface area contributed by atoms with Gasteiger partial charge in [-0.3, -0.25) is 9.36 Å². The van der Waals surface area contributed by atoms with E-state index < -0.39 is 12.0 Å². The van der Waals surface area contributed by atoms with Gasteiger partial charge in [-0.1, -0.05) is 77.9 Å². The molecule has 7 nitrogen and oxygen atoms in total. The van der Waals surface area contributed by atoms with Crippen LogP contribution in [-0.2, 0) is 9.53 Å². The van der Waals surface area contributed by atoms with Crippen molar-refractivity contribution in [3.05, 3.63) is 115 Å². The molecule has 6 rings (SSSR count). The van der Waals surface area contributed by atoms with E-state index in [1.165, 1.54) is 11.3 Å². The fourth-order valence-corrected chi connectivity index (χ4v) is 6.63. The standard InChI is InChI=1S/C35H28N2O5S/c1-5-19-42-27-17-15-22-11-7-9-13-24(22)26(27)20-29-33(38)37-32(30(34(39)41-6-2)21(3)36-35(37)43-29)31-25-14-10-8-12-23(25)16-18-28(31)40-4/h1,7-18,20,32H,6,19H2,2-4H3/b29-20-/t32-/m0/s1. The molecule has 214 valence electrons. The molecule has 1 aliphatic rings. The predicted octanol–water partition coefficient (Wildman–Crippen LogP) is 5.13. The number of allylic oxidation sites excluding steroid dienone is 1. The third-order valence-electron chi connectivity index (χ3n) is 7.46. The molecule has 0 bridgehead atoms. The van der Waals surface area contributed by atoms with Crippen LogP contribution < -0.4 is 24.4 Å². The van der Waals surface area contributed by atoms with Crippen molar-refractivity contribution in [2.24, 2.45) is 4.99 Å². The summed E-state index contributed by atoms with van der Waals surface area (Å²) >= 11 is 1.25. The van der Waals surface area contributed by atoms with Crippen LogP contribution >= 0.6 is 11.3 Å². The first kappa shape index (κ1) is 28.0. The van der Waals surface area contributed by atoms with E-state index in [9.17, 15) is 9.59 Å². The molecule has 2 heterocycles. The van der Waals surface area contributed by atoms with Crippen LogP contribution in [-0.4, -0.2) is 30.9 Å². The van der Waals surface area contributed by atoms with Crippen LogP contribution in [0.5, 0.6) is 11.5 Å². The van der Waals surface area contributed by atoms with Crippen LogP contribution in [0.2, 0.25) is 0 Å². The Labute approximate surface area is 252 Å². The zero-order valence-electron chi connectivity index (χ0n) is 23.9. The molecule has 1 atom stereocenters. The van der Waals surface area contributed by atoms with Crippen molar-refractivity contribution in [3.8, 4) is 23.8 Å². The zero-order chi connectivity index (χ0) is 30.1. The van der Waals surface area contributed by atoms with Crippen LogP contribution in [0.4, 0.5) is 0 Å². The molecule has 0 N–H and O–H groups in total. The van der Waals surface area contributed by atoms with E-state index >= 15 is 0 Å². The number of ether oxygens (including phenoxy) is 3. The zero-order valence-corrected chi connectivity index (χ0v) is 24.7. The van der Waals surface area contributed by atoms with E-state index in [0.717, 1.165) is 27.1 Å². The van der Waals surface area contributed by atoms with Gasteiger partial charge in [-0.05, 0) is 53.6 Å². The van der Waals surface area contributed by atoms with Crippen LogP contribution in [0.25, 0.3) is 27.6 Å².